The number of rotatable bonds is 8. The number of hydrogen-bond acceptors (Lipinski definition) is 6. The van der Waals surface area contributed by atoms with E-state index in [1.807, 2.05) is 0 Å². The largest absolute Gasteiger partial charge is 0.480 e. The van der Waals surface area contributed by atoms with Crippen molar-refractivity contribution in [2.45, 2.75) is 24.6 Å². The normalized spacial score (nSPS) is 13.2. The molecule has 9 heteroatoms. The van der Waals surface area contributed by atoms with Crippen molar-refractivity contribution in [1.82, 2.24) is 5.32 Å². The maximum atomic E-state index is 11.0. The van der Waals surface area contributed by atoms with E-state index in [2.05, 4.69) is 10.1 Å². The molecule has 0 aromatic heterocycles. The van der Waals surface area contributed by atoms with Crippen LogP contribution in [0.2, 0.25) is 0 Å². The highest BCUT2D eigenvalue weighted by Crippen LogP contribution is 2.17. The van der Waals surface area contributed by atoms with Gasteiger partial charge in [0.25, 0.3) is 0 Å². The number of carboxylic acids is 2. The fourth-order valence-corrected chi connectivity index (χ4v) is 2.13. The van der Waals surface area contributed by atoms with Crippen molar-refractivity contribution in [1.29, 1.82) is 0 Å². The molecular weight excluding hydrogens is 278 g/mol. The maximum absolute atomic E-state index is 11.0. The Morgan fingerprint density at radius 2 is 1.79 bits per heavy atom. The lowest BCUT2D eigenvalue weighted by Gasteiger charge is -2.16. The van der Waals surface area contributed by atoms with Crippen molar-refractivity contribution in [3.05, 3.63) is 0 Å². The Kier molecular flexibility index (Phi) is 7.57. The van der Waals surface area contributed by atoms with Crippen LogP contribution >= 0.6 is 11.8 Å². The molecule has 108 valence electrons. The Bertz CT molecular complexity index is 371. The molecule has 0 bridgehead atoms. The van der Waals surface area contributed by atoms with Gasteiger partial charge in [0.15, 0.2) is 0 Å². The number of hydrogen-bond donors (Lipinski definition) is 3. The van der Waals surface area contributed by atoms with Gasteiger partial charge in [-0.1, -0.05) is 0 Å². The summed E-state index contributed by atoms with van der Waals surface area (Å²) in [7, 11) is 1.13. The molecule has 0 aliphatic rings. The summed E-state index contributed by atoms with van der Waals surface area (Å²) in [6.45, 7) is 1.16. The molecule has 0 saturated carbocycles. The number of carbonyl (C=O) groups is 4. The number of nitrogens with one attached hydrogen (secondary N) is 1. The number of ether oxygens (including phenoxy) is 1. The average molecular weight is 293 g/mol. The molecule has 8 nitrogen and oxygen atoms in total. The van der Waals surface area contributed by atoms with E-state index in [1.165, 1.54) is 0 Å². The van der Waals surface area contributed by atoms with Gasteiger partial charge < -0.3 is 20.3 Å². The van der Waals surface area contributed by atoms with Crippen molar-refractivity contribution < 1.29 is 34.1 Å². The molecular formula is C10H15NO7S. The van der Waals surface area contributed by atoms with Crippen LogP contribution in [0.25, 0.3) is 0 Å². The van der Waals surface area contributed by atoms with E-state index in [4.69, 9.17) is 10.2 Å². The number of thioether (sulfide) groups is 1. The van der Waals surface area contributed by atoms with Gasteiger partial charge in [-0.25, -0.2) is 4.79 Å². The second-order valence-electron chi connectivity index (χ2n) is 3.53. The summed E-state index contributed by atoms with van der Waals surface area (Å²) in [6, 6.07) is -1.21. The topological polar surface area (TPSA) is 130 Å². The molecule has 0 fully saturated rings. The Morgan fingerprint density at radius 3 is 2.16 bits per heavy atom. The second-order valence-corrected chi connectivity index (χ2v) is 4.77. The molecule has 2 atom stereocenters. The zero-order valence-corrected chi connectivity index (χ0v) is 11.2. The molecule has 19 heavy (non-hydrogen) atoms. The van der Waals surface area contributed by atoms with Gasteiger partial charge in [-0.05, 0) is 0 Å². The third kappa shape index (κ3) is 7.29. The summed E-state index contributed by atoms with van der Waals surface area (Å²) in [5.74, 6) is -3.92. The predicted octanol–water partition coefficient (Wildman–Crippen LogP) is -0.675. The maximum Gasteiger partial charge on any atom is 0.327 e. The van der Waals surface area contributed by atoms with Crippen LogP contribution in [-0.4, -0.2) is 58.2 Å². The quantitative estimate of drug-likeness (QED) is 0.502. The first-order valence-electron chi connectivity index (χ1n) is 5.19. The van der Waals surface area contributed by atoms with E-state index >= 15 is 0 Å². The number of esters is 1. The van der Waals surface area contributed by atoms with Crippen molar-refractivity contribution in [3.8, 4) is 0 Å². The monoisotopic (exact) mass is 293 g/mol. The van der Waals surface area contributed by atoms with Gasteiger partial charge in [0.2, 0.25) is 5.91 Å². The first-order chi connectivity index (χ1) is 8.77. The molecule has 0 radical (unpaired) electrons. The number of amides is 1. The lowest BCUT2D eigenvalue weighted by atomic mass is 10.3. The first kappa shape index (κ1) is 17.2. The third-order valence-electron chi connectivity index (χ3n) is 1.99. The third-order valence-corrected chi connectivity index (χ3v) is 3.29. The number of methoxy groups -OCH3 is 1. The highest BCUT2D eigenvalue weighted by atomic mass is 32.2. The second kappa shape index (κ2) is 8.35. The van der Waals surface area contributed by atoms with Crippen LogP contribution in [0.3, 0.4) is 0 Å². The Hall–Kier alpha value is -1.77. The zero-order chi connectivity index (χ0) is 15.0. The Labute approximate surface area is 113 Å². The molecule has 2 unspecified atom stereocenters. The van der Waals surface area contributed by atoms with E-state index in [9.17, 15) is 19.2 Å². The van der Waals surface area contributed by atoms with Crippen molar-refractivity contribution >= 4 is 35.6 Å². The summed E-state index contributed by atoms with van der Waals surface area (Å²) >= 11 is 0.756. The molecule has 0 aromatic carbocycles. The van der Waals surface area contributed by atoms with Crippen molar-refractivity contribution in [3.63, 3.8) is 0 Å². The van der Waals surface area contributed by atoms with Gasteiger partial charge in [0.05, 0.1) is 13.5 Å². The van der Waals surface area contributed by atoms with Crippen LogP contribution in [0, 0.1) is 0 Å². The summed E-state index contributed by atoms with van der Waals surface area (Å²) in [4.78, 5) is 43.5. The number of carbonyl (C=O) groups excluding carboxylic acids is 2. The van der Waals surface area contributed by atoms with E-state index in [1.54, 1.807) is 0 Å². The Balaban J connectivity index is 4.50. The Morgan fingerprint density at radius 1 is 1.21 bits per heavy atom. The van der Waals surface area contributed by atoms with Crippen LogP contribution in [0.15, 0.2) is 0 Å². The SMILES string of the molecule is COC(=O)CC(SCC(NC(C)=O)C(=O)O)C(=O)O. The van der Waals surface area contributed by atoms with Gasteiger partial charge in [0.1, 0.15) is 11.3 Å². The molecule has 0 heterocycles. The van der Waals surface area contributed by atoms with E-state index < -0.39 is 35.1 Å². The van der Waals surface area contributed by atoms with Crippen molar-refractivity contribution in [2.75, 3.05) is 12.9 Å². The lowest BCUT2D eigenvalue weighted by Crippen LogP contribution is -2.42. The standard InChI is InChI=1S/C10H15NO7S/c1-5(12)11-6(9(14)15)4-19-7(10(16)17)3-8(13)18-2/h6-7H,3-4H2,1-2H3,(H,11,12)(H,14,15)(H,16,17). The van der Waals surface area contributed by atoms with E-state index in [-0.39, 0.29) is 12.2 Å². The van der Waals surface area contributed by atoms with E-state index in [0.717, 1.165) is 25.8 Å². The van der Waals surface area contributed by atoms with Gasteiger partial charge in [-0.2, -0.15) is 0 Å². The predicted molar refractivity (Wildman–Crippen MR) is 65.8 cm³/mol. The van der Waals surface area contributed by atoms with Crippen LogP contribution in [0.1, 0.15) is 13.3 Å². The minimum atomic E-state index is -1.27. The highest BCUT2D eigenvalue weighted by molar-refractivity contribution is 8.00. The average Bonchev–Trinajstić information content (AvgIpc) is 2.31. The molecule has 3 N–H and O–H groups in total. The zero-order valence-electron chi connectivity index (χ0n) is 10.4. The van der Waals surface area contributed by atoms with Gasteiger partial charge in [-0.3, -0.25) is 14.4 Å². The van der Waals surface area contributed by atoms with Crippen LogP contribution in [0.5, 0.6) is 0 Å². The van der Waals surface area contributed by atoms with Crippen LogP contribution in [-0.2, 0) is 23.9 Å². The fraction of sp³-hybridized carbons (Fsp3) is 0.600. The first-order valence-corrected chi connectivity index (χ1v) is 6.24. The molecule has 0 aliphatic carbocycles. The van der Waals surface area contributed by atoms with Crippen molar-refractivity contribution in [2.24, 2.45) is 0 Å². The molecule has 0 saturated heterocycles. The number of aliphatic carboxylic acids is 2. The fourth-order valence-electron chi connectivity index (χ4n) is 1.08. The number of carboxylic acid groups (broad SMARTS) is 2. The van der Waals surface area contributed by atoms with Crippen LogP contribution in [0.4, 0.5) is 0 Å². The summed E-state index contributed by atoms with van der Waals surface area (Å²) < 4.78 is 4.35. The summed E-state index contributed by atoms with van der Waals surface area (Å²) in [5.41, 5.74) is 0. The van der Waals surface area contributed by atoms with Gasteiger partial charge in [0, 0.05) is 12.7 Å². The summed E-state index contributed by atoms with van der Waals surface area (Å²) in [6.07, 6.45) is -0.372. The molecule has 0 spiro atoms. The van der Waals surface area contributed by atoms with E-state index in [0.29, 0.717) is 0 Å². The minimum absolute atomic E-state index is 0.164. The summed E-state index contributed by atoms with van der Waals surface area (Å²) in [5, 5.41) is 18.8. The van der Waals surface area contributed by atoms with Crippen LogP contribution < -0.4 is 5.32 Å². The lowest BCUT2D eigenvalue weighted by molar-refractivity contribution is -0.145. The van der Waals surface area contributed by atoms with Gasteiger partial charge >= 0.3 is 17.9 Å². The van der Waals surface area contributed by atoms with Gasteiger partial charge in [-0.15, -0.1) is 11.8 Å². The smallest absolute Gasteiger partial charge is 0.327 e. The molecule has 1 amide bonds. The highest BCUT2D eigenvalue weighted by Gasteiger charge is 2.26. The molecule has 0 rings (SSSR count). The minimum Gasteiger partial charge on any atom is -0.480 e. The molecule has 0 aliphatic heterocycles. The molecule has 0 aromatic rings.